The van der Waals surface area contributed by atoms with Crippen LogP contribution in [0.25, 0.3) is 6.08 Å². The molecule has 1 saturated heterocycles. The summed E-state index contributed by atoms with van der Waals surface area (Å²) >= 11 is 0.894. The maximum absolute atomic E-state index is 13.2. The molecule has 1 fully saturated rings. The van der Waals surface area contributed by atoms with Crippen LogP contribution in [-0.4, -0.2) is 22.6 Å². The van der Waals surface area contributed by atoms with Crippen molar-refractivity contribution >= 4 is 29.0 Å². The molecule has 0 bridgehead atoms. The lowest BCUT2D eigenvalue weighted by molar-refractivity contribution is -0.122. The van der Waals surface area contributed by atoms with Gasteiger partial charge in [-0.05, 0) is 47.5 Å². The quantitative estimate of drug-likeness (QED) is 0.793. The average molecular weight is 327 g/mol. The highest BCUT2D eigenvalue weighted by Crippen LogP contribution is 2.32. The number of hydrogen-bond donors (Lipinski definition) is 0. The van der Waals surface area contributed by atoms with Crippen LogP contribution in [0.15, 0.2) is 59.5 Å². The molecule has 0 atom stereocenters. The van der Waals surface area contributed by atoms with E-state index in [1.807, 2.05) is 30.3 Å². The molecule has 116 valence electrons. The second-order valence-corrected chi connectivity index (χ2v) is 6.12. The van der Waals surface area contributed by atoms with Gasteiger partial charge in [0.1, 0.15) is 5.82 Å². The van der Waals surface area contributed by atoms with Gasteiger partial charge in [-0.25, -0.2) is 4.39 Å². The lowest BCUT2D eigenvalue weighted by Crippen LogP contribution is -2.30. The highest BCUT2D eigenvalue weighted by atomic mass is 32.2. The molecule has 3 rings (SSSR count). The zero-order valence-corrected chi connectivity index (χ0v) is 13.1. The third kappa shape index (κ3) is 3.68. The summed E-state index contributed by atoms with van der Waals surface area (Å²) in [5, 5.41) is -0.284. The summed E-state index contributed by atoms with van der Waals surface area (Å²) in [5.74, 6) is -0.692. The van der Waals surface area contributed by atoms with Gasteiger partial charge in [0.15, 0.2) is 0 Å². The average Bonchev–Trinajstić information content (AvgIpc) is 2.80. The van der Waals surface area contributed by atoms with Crippen LogP contribution < -0.4 is 0 Å². The van der Waals surface area contributed by atoms with Gasteiger partial charge in [0.25, 0.3) is 11.1 Å². The first kappa shape index (κ1) is 15.5. The minimum Gasteiger partial charge on any atom is -0.268 e. The number of imide groups is 1. The molecule has 1 aliphatic heterocycles. The zero-order valence-electron chi connectivity index (χ0n) is 12.2. The number of amides is 2. The van der Waals surface area contributed by atoms with Crippen molar-refractivity contribution in [1.82, 2.24) is 4.90 Å². The summed E-state index contributed by atoms with van der Waals surface area (Å²) in [4.78, 5) is 25.9. The van der Waals surface area contributed by atoms with Gasteiger partial charge in [-0.1, -0.05) is 42.5 Å². The van der Waals surface area contributed by atoms with Crippen molar-refractivity contribution in [2.75, 3.05) is 6.54 Å². The van der Waals surface area contributed by atoms with Gasteiger partial charge < -0.3 is 0 Å². The van der Waals surface area contributed by atoms with E-state index in [9.17, 15) is 14.0 Å². The summed E-state index contributed by atoms with van der Waals surface area (Å²) in [6.45, 7) is 0.342. The summed E-state index contributed by atoms with van der Waals surface area (Å²) in [6.07, 6.45) is 2.17. The van der Waals surface area contributed by atoms with Crippen molar-refractivity contribution in [2.24, 2.45) is 0 Å². The second kappa shape index (κ2) is 6.79. The van der Waals surface area contributed by atoms with Crippen LogP contribution in [-0.2, 0) is 11.2 Å². The maximum atomic E-state index is 13.2. The molecular weight excluding hydrogens is 313 g/mol. The fraction of sp³-hybridized carbons (Fsp3) is 0.111. The normalized spacial score (nSPS) is 16.4. The number of thioether (sulfide) groups is 1. The van der Waals surface area contributed by atoms with Crippen molar-refractivity contribution in [1.29, 1.82) is 0 Å². The third-order valence-corrected chi connectivity index (χ3v) is 4.39. The molecule has 0 N–H and O–H groups in total. The van der Waals surface area contributed by atoms with Crippen LogP contribution in [0.4, 0.5) is 9.18 Å². The Balaban J connectivity index is 1.72. The highest BCUT2D eigenvalue weighted by Gasteiger charge is 2.34. The standard InChI is InChI=1S/C18H14FNO2S/c19-15-8-4-7-14(11-15)12-16-17(21)20(18(22)23-16)10-9-13-5-2-1-3-6-13/h1-8,11-12H,9-10H2/b16-12+. The van der Waals surface area contributed by atoms with Gasteiger partial charge in [-0.2, -0.15) is 0 Å². The van der Waals surface area contributed by atoms with E-state index in [1.54, 1.807) is 18.2 Å². The Morgan fingerprint density at radius 2 is 1.83 bits per heavy atom. The van der Waals surface area contributed by atoms with Gasteiger partial charge in [0.2, 0.25) is 0 Å². The molecule has 23 heavy (non-hydrogen) atoms. The number of halogens is 1. The van der Waals surface area contributed by atoms with Gasteiger partial charge in [0, 0.05) is 6.54 Å². The van der Waals surface area contributed by atoms with E-state index in [0.717, 1.165) is 17.3 Å². The summed E-state index contributed by atoms with van der Waals surface area (Å²) in [5.41, 5.74) is 1.64. The van der Waals surface area contributed by atoms with E-state index in [2.05, 4.69) is 0 Å². The zero-order chi connectivity index (χ0) is 16.2. The molecule has 0 saturated carbocycles. The molecule has 0 spiro atoms. The molecule has 1 aliphatic rings. The Bertz CT molecular complexity index is 774. The topological polar surface area (TPSA) is 37.4 Å². The van der Waals surface area contributed by atoms with E-state index in [1.165, 1.54) is 17.0 Å². The van der Waals surface area contributed by atoms with Gasteiger partial charge in [0.05, 0.1) is 4.91 Å². The first-order chi connectivity index (χ1) is 11.1. The number of hydrogen-bond acceptors (Lipinski definition) is 3. The fourth-order valence-corrected chi connectivity index (χ4v) is 3.19. The molecular formula is C18H14FNO2S. The summed E-state index contributed by atoms with van der Waals surface area (Å²) in [6, 6.07) is 15.6. The SMILES string of the molecule is O=C1S/C(=C/c2cccc(F)c2)C(=O)N1CCc1ccccc1. The maximum Gasteiger partial charge on any atom is 0.293 e. The van der Waals surface area contributed by atoms with Crippen molar-refractivity contribution in [2.45, 2.75) is 6.42 Å². The first-order valence-electron chi connectivity index (χ1n) is 7.18. The lowest BCUT2D eigenvalue weighted by Gasteiger charge is -2.12. The van der Waals surface area contributed by atoms with Crippen molar-refractivity contribution in [3.8, 4) is 0 Å². The molecule has 5 heteroatoms. The number of rotatable bonds is 4. The molecule has 1 heterocycles. The van der Waals surface area contributed by atoms with E-state index in [0.29, 0.717) is 23.4 Å². The third-order valence-electron chi connectivity index (χ3n) is 3.49. The summed E-state index contributed by atoms with van der Waals surface area (Å²) in [7, 11) is 0. The van der Waals surface area contributed by atoms with Crippen LogP contribution in [0.2, 0.25) is 0 Å². The van der Waals surface area contributed by atoms with Gasteiger partial charge in [-0.3, -0.25) is 14.5 Å². The predicted octanol–water partition coefficient (Wildman–Crippen LogP) is 4.10. The Kier molecular flexibility index (Phi) is 4.57. The van der Waals surface area contributed by atoms with Crippen LogP contribution >= 0.6 is 11.8 Å². The molecule has 2 amide bonds. The molecule has 2 aromatic rings. The Labute approximate surface area is 137 Å². The van der Waals surface area contributed by atoms with Crippen molar-refractivity contribution < 1.29 is 14.0 Å². The monoisotopic (exact) mass is 327 g/mol. The first-order valence-corrected chi connectivity index (χ1v) is 8.00. The number of carbonyl (C=O) groups is 2. The van der Waals surface area contributed by atoms with Crippen LogP contribution in [0.1, 0.15) is 11.1 Å². The Morgan fingerprint density at radius 3 is 2.57 bits per heavy atom. The van der Waals surface area contributed by atoms with E-state index in [-0.39, 0.29) is 17.0 Å². The van der Waals surface area contributed by atoms with Crippen LogP contribution in [0, 0.1) is 5.82 Å². The minimum absolute atomic E-state index is 0.284. The Hall–Kier alpha value is -2.40. The number of benzene rings is 2. The van der Waals surface area contributed by atoms with Crippen molar-refractivity contribution in [3.63, 3.8) is 0 Å². The molecule has 0 aliphatic carbocycles. The smallest absolute Gasteiger partial charge is 0.268 e. The highest BCUT2D eigenvalue weighted by molar-refractivity contribution is 8.18. The lowest BCUT2D eigenvalue weighted by atomic mass is 10.1. The van der Waals surface area contributed by atoms with Gasteiger partial charge in [-0.15, -0.1) is 0 Å². The fourth-order valence-electron chi connectivity index (χ4n) is 2.33. The largest absolute Gasteiger partial charge is 0.293 e. The molecule has 3 nitrogen and oxygen atoms in total. The minimum atomic E-state index is -0.373. The van der Waals surface area contributed by atoms with E-state index < -0.39 is 0 Å². The summed E-state index contributed by atoms with van der Waals surface area (Å²) < 4.78 is 13.2. The van der Waals surface area contributed by atoms with Crippen LogP contribution in [0.3, 0.4) is 0 Å². The Morgan fingerprint density at radius 1 is 1.04 bits per heavy atom. The second-order valence-electron chi connectivity index (χ2n) is 5.12. The number of carbonyl (C=O) groups excluding carboxylic acids is 2. The predicted molar refractivity (Wildman–Crippen MR) is 89.2 cm³/mol. The van der Waals surface area contributed by atoms with E-state index in [4.69, 9.17) is 0 Å². The molecule has 0 unspecified atom stereocenters. The van der Waals surface area contributed by atoms with E-state index >= 15 is 0 Å². The van der Waals surface area contributed by atoms with Gasteiger partial charge >= 0.3 is 0 Å². The molecule has 0 aromatic heterocycles. The molecule has 0 radical (unpaired) electrons. The van der Waals surface area contributed by atoms with Crippen LogP contribution in [0.5, 0.6) is 0 Å². The number of nitrogens with zero attached hydrogens (tertiary/aromatic N) is 1. The molecule has 2 aromatic carbocycles. The van der Waals surface area contributed by atoms with Crippen molar-refractivity contribution in [3.05, 3.63) is 76.4 Å².